The lowest BCUT2D eigenvalue weighted by Crippen LogP contribution is -2.40. The van der Waals surface area contributed by atoms with Crippen LogP contribution in [0.5, 0.6) is 11.5 Å². The molecule has 6 rings (SSSR count). The van der Waals surface area contributed by atoms with Gasteiger partial charge in [-0.15, -0.1) is 0 Å². The van der Waals surface area contributed by atoms with E-state index in [1.165, 1.54) is 12.0 Å². The topological polar surface area (TPSA) is 99.6 Å². The van der Waals surface area contributed by atoms with Gasteiger partial charge in [0.1, 0.15) is 5.75 Å². The summed E-state index contributed by atoms with van der Waals surface area (Å²) in [5, 5.41) is 13.5. The molecule has 6 heteroatoms. The molecule has 0 amide bonds. The van der Waals surface area contributed by atoms with E-state index >= 15 is 0 Å². The Morgan fingerprint density at radius 2 is 1.89 bits per heavy atom. The van der Waals surface area contributed by atoms with E-state index in [2.05, 4.69) is 11.5 Å². The Labute approximate surface area is 164 Å². The average molecular weight is 375 g/mol. The molecule has 1 fully saturated rings. The van der Waals surface area contributed by atoms with Crippen molar-refractivity contribution in [2.45, 2.75) is 25.7 Å². The second-order valence-corrected chi connectivity index (χ2v) is 7.93. The maximum Gasteiger partial charge on any atom is 0.152 e. The third-order valence-electron chi connectivity index (χ3n) is 5.86. The van der Waals surface area contributed by atoms with E-state index in [1.807, 2.05) is 0 Å². The number of nitrogen functional groups attached to an aromatic ring is 2. The standard InChI is InChI=1S/C22H23N4O2/c23-17-1-6-20(24)21(12-17)28-19-4-2-18(3-5-19)26(27)25-22-15-8-13-7-14(10-15)11-16(22)9-13/h1-6,8,12,14-15,25H,7,9-11,23-24H2/q-1. The molecule has 0 saturated heterocycles. The molecule has 0 radical (unpaired) electrons. The molecular weight excluding hydrogens is 352 g/mol. The third kappa shape index (κ3) is 3.05. The van der Waals surface area contributed by atoms with E-state index in [1.54, 1.807) is 48.0 Å². The summed E-state index contributed by atoms with van der Waals surface area (Å²) in [6.45, 7) is 0. The first kappa shape index (κ1) is 17.0. The van der Waals surface area contributed by atoms with E-state index in [4.69, 9.17) is 16.2 Å². The third-order valence-corrected chi connectivity index (χ3v) is 5.86. The molecule has 2 atom stereocenters. The second-order valence-electron chi connectivity index (χ2n) is 7.93. The highest BCUT2D eigenvalue weighted by Gasteiger charge is 2.37. The van der Waals surface area contributed by atoms with Crippen LogP contribution in [-0.2, 0) is 0 Å². The van der Waals surface area contributed by atoms with Crippen LogP contribution in [0.2, 0.25) is 0 Å². The first-order chi connectivity index (χ1) is 13.5. The molecule has 2 aromatic rings. The minimum atomic E-state index is 0.372. The zero-order valence-corrected chi connectivity index (χ0v) is 15.5. The molecule has 5 N–H and O–H groups in total. The number of anilines is 3. The molecular formula is C22H23N4O2-. The number of nitrogens with one attached hydrogen (secondary N) is 1. The Balaban J connectivity index is 1.29. The van der Waals surface area contributed by atoms with Gasteiger partial charge in [0.25, 0.3) is 0 Å². The first-order valence-corrected chi connectivity index (χ1v) is 9.63. The Hall–Kier alpha value is -3.12. The Bertz CT molecular complexity index is 981. The van der Waals surface area contributed by atoms with Crippen molar-refractivity contribution in [3.63, 3.8) is 0 Å². The van der Waals surface area contributed by atoms with Crippen LogP contribution in [0.3, 0.4) is 0 Å². The minimum absolute atomic E-state index is 0.372. The van der Waals surface area contributed by atoms with Crippen molar-refractivity contribution in [3.05, 3.63) is 70.6 Å². The molecule has 4 aliphatic rings. The molecule has 2 unspecified atom stereocenters. The highest BCUT2D eigenvalue weighted by molar-refractivity contribution is 5.61. The molecule has 144 valence electrons. The summed E-state index contributed by atoms with van der Waals surface area (Å²) >= 11 is 0. The number of nitrogens with two attached hydrogens (primary N) is 2. The SMILES string of the molecule is Nc1ccc(N)c(Oc2ccc(N([O-])NC3=C4CC5=CC3CC(C5)C4)cc2)c1. The highest BCUT2D eigenvalue weighted by atomic mass is 16.5. The number of hydrazine groups is 1. The fourth-order valence-corrected chi connectivity index (χ4v) is 4.64. The Morgan fingerprint density at radius 3 is 2.64 bits per heavy atom. The van der Waals surface area contributed by atoms with Gasteiger partial charge in [0.15, 0.2) is 5.75 Å². The minimum Gasteiger partial charge on any atom is -0.739 e. The van der Waals surface area contributed by atoms with Crippen LogP contribution < -0.4 is 26.8 Å². The van der Waals surface area contributed by atoms with Gasteiger partial charge in [-0.25, -0.2) is 0 Å². The van der Waals surface area contributed by atoms with Gasteiger partial charge in [-0.05, 0) is 73.6 Å². The second kappa shape index (κ2) is 6.49. The largest absolute Gasteiger partial charge is 0.739 e. The van der Waals surface area contributed by atoms with Gasteiger partial charge in [-0.3, -0.25) is 0 Å². The van der Waals surface area contributed by atoms with Crippen LogP contribution in [0.25, 0.3) is 0 Å². The molecule has 4 aliphatic carbocycles. The molecule has 0 heterocycles. The summed E-state index contributed by atoms with van der Waals surface area (Å²) in [4.78, 5) is 0. The van der Waals surface area contributed by atoms with Crippen molar-refractivity contribution >= 4 is 17.1 Å². The van der Waals surface area contributed by atoms with Gasteiger partial charge in [-0.1, -0.05) is 11.6 Å². The number of hydrogen-bond acceptors (Lipinski definition) is 6. The zero-order chi connectivity index (χ0) is 19.3. The average Bonchev–Trinajstić information content (AvgIpc) is 2.67. The number of ether oxygens (including phenoxy) is 1. The lowest BCUT2D eigenvalue weighted by molar-refractivity contribution is 0.336. The molecule has 0 aliphatic heterocycles. The van der Waals surface area contributed by atoms with E-state index in [-0.39, 0.29) is 0 Å². The number of rotatable bonds is 5. The lowest BCUT2D eigenvalue weighted by Gasteiger charge is -2.45. The number of hydrogen-bond donors (Lipinski definition) is 3. The zero-order valence-electron chi connectivity index (χ0n) is 15.5. The maximum absolute atomic E-state index is 12.7. The summed E-state index contributed by atoms with van der Waals surface area (Å²) in [5.41, 5.74) is 20.5. The lowest BCUT2D eigenvalue weighted by atomic mass is 9.65. The smallest absolute Gasteiger partial charge is 0.152 e. The molecule has 1 saturated carbocycles. The van der Waals surface area contributed by atoms with Crippen LogP contribution in [0.15, 0.2) is 65.4 Å². The first-order valence-electron chi connectivity index (χ1n) is 9.63. The van der Waals surface area contributed by atoms with Crippen molar-refractivity contribution in [1.29, 1.82) is 0 Å². The van der Waals surface area contributed by atoms with Crippen LogP contribution in [-0.4, -0.2) is 0 Å². The molecule has 0 spiro atoms. The fourth-order valence-electron chi connectivity index (χ4n) is 4.64. The van der Waals surface area contributed by atoms with Crippen LogP contribution in [0.4, 0.5) is 17.1 Å². The summed E-state index contributed by atoms with van der Waals surface area (Å²) in [6, 6.07) is 12.1. The van der Waals surface area contributed by atoms with Gasteiger partial charge < -0.3 is 32.0 Å². The predicted octanol–water partition coefficient (Wildman–Crippen LogP) is 4.47. The van der Waals surface area contributed by atoms with E-state index in [9.17, 15) is 5.21 Å². The maximum atomic E-state index is 12.7. The van der Waals surface area contributed by atoms with Crippen LogP contribution in [0, 0.1) is 17.0 Å². The fraction of sp³-hybridized carbons (Fsp3) is 0.273. The Morgan fingerprint density at radius 1 is 1.07 bits per heavy atom. The molecule has 0 aromatic heterocycles. The van der Waals surface area contributed by atoms with Crippen molar-refractivity contribution < 1.29 is 4.74 Å². The molecule has 6 nitrogen and oxygen atoms in total. The normalized spacial score (nSPS) is 22.2. The highest BCUT2D eigenvalue weighted by Crippen LogP contribution is 2.49. The summed E-state index contributed by atoms with van der Waals surface area (Å²) in [7, 11) is 0. The number of nitrogens with zero attached hydrogens (tertiary/aromatic N) is 1. The summed E-state index contributed by atoms with van der Waals surface area (Å²) < 4.78 is 5.79. The van der Waals surface area contributed by atoms with E-state index in [0.29, 0.717) is 34.5 Å². The summed E-state index contributed by atoms with van der Waals surface area (Å²) in [5.74, 6) is 2.24. The Kier molecular flexibility index (Phi) is 3.94. The van der Waals surface area contributed by atoms with Gasteiger partial charge >= 0.3 is 0 Å². The van der Waals surface area contributed by atoms with E-state index < -0.39 is 0 Å². The molecule has 4 bridgehead atoms. The monoisotopic (exact) mass is 375 g/mol. The van der Waals surface area contributed by atoms with Crippen molar-refractivity contribution in [2.24, 2.45) is 11.8 Å². The van der Waals surface area contributed by atoms with Crippen molar-refractivity contribution in [2.75, 3.05) is 16.6 Å². The van der Waals surface area contributed by atoms with Crippen LogP contribution >= 0.6 is 0 Å². The van der Waals surface area contributed by atoms with E-state index in [0.717, 1.165) is 36.0 Å². The molecule has 28 heavy (non-hydrogen) atoms. The van der Waals surface area contributed by atoms with Gasteiger partial charge in [0.05, 0.1) is 5.69 Å². The number of benzene rings is 2. The summed E-state index contributed by atoms with van der Waals surface area (Å²) in [6.07, 6.45) is 6.89. The van der Waals surface area contributed by atoms with Gasteiger partial charge in [-0.2, -0.15) is 0 Å². The quantitative estimate of drug-likeness (QED) is 0.405. The van der Waals surface area contributed by atoms with Crippen LogP contribution in [0.1, 0.15) is 25.7 Å². The predicted molar refractivity (Wildman–Crippen MR) is 111 cm³/mol. The van der Waals surface area contributed by atoms with Crippen molar-refractivity contribution in [3.8, 4) is 11.5 Å². The van der Waals surface area contributed by atoms with Crippen molar-refractivity contribution in [1.82, 2.24) is 5.43 Å². The van der Waals surface area contributed by atoms with Gasteiger partial charge in [0, 0.05) is 29.1 Å². The number of allylic oxidation sites excluding steroid dienone is 3. The molecule has 2 aromatic carbocycles. The van der Waals surface area contributed by atoms with Gasteiger partial charge in [0.2, 0.25) is 0 Å².